The van der Waals surface area contributed by atoms with Gasteiger partial charge in [0.2, 0.25) is 12.2 Å². The number of benzene rings is 2. The maximum absolute atomic E-state index is 11.9. The Hall–Kier alpha value is -2.90. The number of carbonyl (C=O) groups excluding carboxylic acids is 2. The molecule has 2 aromatic rings. The zero-order valence-electron chi connectivity index (χ0n) is 15.8. The first-order valence-corrected chi connectivity index (χ1v) is 9.13. The second kappa shape index (κ2) is 8.86. The Morgan fingerprint density at radius 1 is 1.18 bits per heavy atom. The highest BCUT2D eigenvalue weighted by Crippen LogP contribution is 2.32. The number of ether oxygens (including phenoxy) is 2. The van der Waals surface area contributed by atoms with Crippen LogP contribution in [0.3, 0.4) is 0 Å². The van der Waals surface area contributed by atoms with E-state index in [0.29, 0.717) is 17.7 Å². The summed E-state index contributed by atoms with van der Waals surface area (Å²) >= 11 is 0. The van der Waals surface area contributed by atoms with Gasteiger partial charge >= 0.3 is 0 Å². The highest BCUT2D eigenvalue weighted by molar-refractivity contribution is 5.95. The number of aliphatic hydroxyl groups is 1. The third-order valence-electron chi connectivity index (χ3n) is 4.49. The molecule has 1 aliphatic rings. The van der Waals surface area contributed by atoms with Gasteiger partial charge in [-0.15, -0.1) is 0 Å². The first-order valence-electron chi connectivity index (χ1n) is 9.13. The molecule has 0 spiro atoms. The molecular formula is C21H24N2O5. The number of nitrogens with one attached hydrogen (secondary N) is 2. The largest absolute Gasteiger partial charge is 0.462 e. The first-order chi connectivity index (χ1) is 13.5. The fraction of sp³-hybridized carbons (Fsp3) is 0.333. The number of para-hydroxylation sites is 1. The number of amides is 2. The topological polar surface area (TPSA) is 96.9 Å². The molecule has 1 heterocycles. The van der Waals surface area contributed by atoms with E-state index in [1.54, 1.807) is 25.2 Å². The van der Waals surface area contributed by atoms with Gasteiger partial charge in [-0.2, -0.15) is 0 Å². The van der Waals surface area contributed by atoms with Crippen LogP contribution >= 0.6 is 0 Å². The van der Waals surface area contributed by atoms with Gasteiger partial charge in [0.1, 0.15) is 5.75 Å². The summed E-state index contributed by atoms with van der Waals surface area (Å²) in [4.78, 5) is 23.4. The lowest BCUT2D eigenvalue weighted by atomic mass is 10.0. The Kier molecular flexibility index (Phi) is 6.28. The summed E-state index contributed by atoms with van der Waals surface area (Å²) in [6.07, 6.45) is -1.04. The summed E-state index contributed by atoms with van der Waals surface area (Å²) < 4.78 is 11.7. The molecule has 148 valence electrons. The molecule has 1 unspecified atom stereocenters. The summed E-state index contributed by atoms with van der Waals surface area (Å²) in [6.45, 7) is 1.55. The molecule has 1 aliphatic heterocycles. The van der Waals surface area contributed by atoms with Gasteiger partial charge in [-0.3, -0.25) is 9.59 Å². The lowest BCUT2D eigenvalue weighted by molar-refractivity contribution is -0.162. The predicted molar refractivity (Wildman–Crippen MR) is 104 cm³/mol. The summed E-state index contributed by atoms with van der Waals surface area (Å²) in [5, 5.41) is 15.2. The molecule has 0 bridgehead atoms. The van der Waals surface area contributed by atoms with Crippen molar-refractivity contribution in [3.8, 4) is 16.9 Å². The molecule has 0 aromatic heterocycles. The van der Waals surface area contributed by atoms with Crippen LogP contribution in [-0.4, -0.2) is 49.0 Å². The van der Waals surface area contributed by atoms with Gasteiger partial charge in [0.15, 0.2) is 0 Å². The molecule has 0 radical (unpaired) electrons. The molecule has 1 fully saturated rings. The van der Waals surface area contributed by atoms with Crippen LogP contribution in [0, 0.1) is 0 Å². The van der Waals surface area contributed by atoms with E-state index in [-0.39, 0.29) is 18.4 Å². The number of carbonyl (C=O) groups is 2. The average molecular weight is 384 g/mol. The lowest BCUT2D eigenvalue weighted by Gasteiger charge is -2.34. The summed E-state index contributed by atoms with van der Waals surface area (Å²) in [6, 6.07) is 14.2. The van der Waals surface area contributed by atoms with Crippen molar-refractivity contribution in [3.63, 3.8) is 0 Å². The molecule has 28 heavy (non-hydrogen) atoms. The van der Waals surface area contributed by atoms with Crippen molar-refractivity contribution >= 4 is 11.8 Å². The van der Waals surface area contributed by atoms with Crippen LogP contribution in [0.5, 0.6) is 5.75 Å². The Balaban J connectivity index is 1.88. The van der Waals surface area contributed by atoms with Crippen molar-refractivity contribution in [1.82, 2.24) is 10.6 Å². The standard InChI is InChI=1S/C21H24N2O5/c1-13(24)23-18-11-16(25)12-27-21(18)28-19-9-4-3-8-17(19)14-6-5-7-15(10-14)20(26)22-2/h3-10,16,18,21,25H,11-12H2,1-2H3,(H,22,26)(H,23,24)/t16-,18?,21+/m1/s1. The highest BCUT2D eigenvalue weighted by atomic mass is 16.7. The van der Waals surface area contributed by atoms with Gasteiger partial charge < -0.3 is 25.2 Å². The molecule has 7 heteroatoms. The first kappa shape index (κ1) is 19.9. The number of hydrogen-bond acceptors (Lipinski definition) is 5. The molecule has 0 aliphatic carbocycles. The molecule has 3 rings (SSSR count). The second-order valence-corrected chi connectivity index (χ2v) is 6.67. The minimum absolute atomic E-state index is 0.134. The van der Waals surface area contributed by atoms with Crippen molar-refractivity contribution in [2.75, 3.05) is 13.7 Å². The number of rotatable bonds is 5. The van der Waals surface area contributed by atoms with Crippen molar-refractivity contribution in [1.29, 1.82) is 0 Å². The van der Waals surface area contributed by atoms with E-state index in [2.05, 4.69) is 10.6 Å². The maximum Gasteiger partial charge on any atom is 0.251 e. The zero-order valence-corrected chi connectivity index (χ0v) is 15.8. The van der Waals surface area contributed by atoms with Crippen LogP contribution in [0.1, 0.15) is 23.7 Å². The molecule has 2 amide bonds. The average Bonchev–Trinajstić information content (AvgIpc) is 2.69. The molecule has 2 aromatic carbocycles. The Morgan fingerprint density at radius 3 is 2.71 bits per heavy atom. The third-order valence-corrected chi connectivity index (χ3v) is 4.49. The fourth-order valence-corrected chi connectivity index (χ4v) is 3.20. The Bertz CT molecular complexity index is 854. The maximum atomic E-state index is 11.9. The number of aliphatic hydroxyl groups excluding tert-OH is 1. The second-order valence-electron chi connectivity index (χ2n) is 6.67. The van der Waals surface area contributed by atoms with Crippen LogP contribution < -0.4 is 15.4 Å². The molecule has 0 saturated carbocycles. The van der Waals surface area contributed by atoms with Crippen LogP contribution in [0.15, 0.2) is 48.5 Å². The van der Waals surface area contributed by atoms with Gasteiger partial charge in [-0.05, 0) is 23.8 Å². The van der Waals surface area contributed by atoms with Gasteiger partial charge in [0, 0.05) is 31.5 Å². The smallest absolute Gasteiger partial charge is 0.251 e. The molecule has 3 atom stereocenters. The molecule has 1 saturated heterocycles. The van der Waals surface area contributed by atoms with Crippen molar-refractivity contribution in [2.24, 2.45) is 0 Å². The third kappa shape index (κ3) is 4.68. The van der Waals surface area contributed by atoms with Crippen molar-refractivity contribution in [2.45, 2.75) is 31.8 Å². The Labute approximate surface area is 163 Å². The summed E-state index contributed by atoms with van der Waals surface area (Å²) in [5.41, 5.74) is 2.16. The minimum Gasteiger partial charge on any atom is -0.462 e. The van der Waals surface area contributed by atoms with E-state index in [1.165, 1.54) is 6.92 Å². The molecule has 3 N–H and O–H groups in total. The lowest BCUT2D eigenvalue weighted by Crippen LogP contribution is -2.52. The van der Waals surface area contributed by atoms with E-state index in [4.69, 9.17) is 9.47 Å². The van der Waals surface area contributed by atoms with E-state index < -0.39 is 18.4 Å². The summed E-state index contributed by atoms with van der Waals surface area (Å²) in [5.74, 6) is 0.173. The normalized spacial score (nSPS) is 21.6. The van der Waals surface area contributed by atoms with E-state index in [1.807, 2.05) is 30.3 Å². The van der Waals surface area contributed by atoms with E-state index in [9.17, 15) is 14.7 Å². The van der Waals surface area contributed by atoms with Gasteiger partial charge in [0.25, 0.3) is 5.91 Å². The predicted octanol–water partition coefficient (Wildman–Crippen LogP) is 1.70. The van der Waals surface area contributed by atoms with Crippen molar-refractivity contribution < 1.29 is 24.2 Å². The van der Waals surface area contributed by atoms with Gasteiger partial charge in [-0.25, -0.2) is 0 Å². The monoisotopic (exact) mass is 384 g/mol. The minimum atomic E-state index is -0.726. The molecular weight excluding hydrogens is 360 g/mol. The Morgan fingerprint density at radius 2 is 1.96 bits per heavy atom. The van der Waals surface area contributed by atoms with Crippen LogP contribution in [0.25, 0.3) is 11.1 Å². The van der Waals surface area contributed by atoms with Gasteiger partial charge in [-0.1, -0.05) is 30.3 Å². The quantitative estimate of drug-likeness (QED) is 0.729. The van der Waals surface area contributed by atoms with Crippen LogP contribution in [-0.2, 0) is 9.53 Å². The van der Waals surface area contributed by atoms with Crippen LogP contribution in [0.4, 0.5) is 0 Å². The van der Waals surface area contributed by atoms with E-state index in [0.717, 1.165) is 11.1 Å². The zero-order chi connectivity index (χ0) is 20.1. The SMILES string of the molecule is CNC(=O)c1cccc(-c2ccccc2O[C@@H]2OC[C@H](O)CC2NC(C)=O)c1. The van der Waals surface area contributed by atoms with Crippen molar-refractivity contribution in [3.05, 3.63) is 54.1 Å². The van der Waals surface area contributed by atoms with Crippen LogP contribution in [0.2, 0.25) is 0 Å². The number of hydrogen-bond donors (Lipinski definition) is 3. The molecule has 7 nitrogen and oxygen atoms in total. The fourth-order valence-electron chi connectivity index (χ4n) is 3.20. The highest BCUT2D eigenvalue weighted by Gasteiger charge is 2.33. The van der Waals surface area contributed by atoms with Gasteiger partial charge in [0.05, 0.1) is 18.8 Å². The summed E-state index contributed by atoms with van der Waals surface area (Å²) in [7, 11) is 1.59. The van der Waals surface area contributed by atoms with E-state index >= 15 is 0 Å².